The Labute approximate surface area is 177 Å². The number of halogens is 6. The second kappa shape index (κ2) is 7.50. The van der Waals surface area contributed by atoms with Crippen molar-refractivity contribution in [3.8, 4) is 17.0 Å². The van der Waals surface area contributed by atoms with Crippen LogP contribution in [-0.2, 0) is 6.18 Å². The van der Waals surface area contributed by atoms with Crippen LogP contribution in [0.5, 0.6) is 5.75 Å². The molecule has 2 aromatic heterocycles. The molecule has 0 bridgehead atoms. The number of imidazole rings is 1. The predicted octanol–water partition coefficient (Wildman–Crippen LogP) is 4.28. The van der Waals surface area contributed by atoms with Crippen molar-refractivity contribution in [1.82, 2.24) is 19.6 Å². The summed E-state index contributed by atoms with van der Waals surface area (Å²) in [6, 6.07) is 1.76. The van der Waals surface area contributed by atoms with E-state index < -0.39 is 23.9 Å². The third-order valence-electron chi connectivity index (χ3n) is 5.34. The molecule has 0 radical (unpaired) electrons. The van der Waals surface area contributed by atoms with Crippen molar-refractivity contribution in [1.29, 1.82) is 0 Å². The monoisotopic (exact) mass is 461 g/mol. The first-order valence-corrected chi connectivity index (χ1v) is 9.42. The summed E-state index contributed by atoms with van der Waals surface area (Å²) in [6.45, 7) is 1.96. The Hall–Kier alpha value is -3.09. The Morgan fingerprint density at radius 3 is 2.53 bits per heavy atom. The molecule has 1 aliphatic rings. The van der Waals surface area contributed by atoms with Crippen LogP contribution in [0.1, 0.15) is 25.3 Å². The van der Waals surface area contributed by atoms with E-state index in [4.69, 9.17) is 0 Å². The summed E-state index contributed by atoms with van der Waals surface area (Å²) < 4.78 is 83.0. The van der Waals surface area contributed by atoms with Gasteiger partial charge in [-0.15, -0.1) is 23.4 Å². The number of hydrogen-bond donors (Lipinski definition) is 2. The standard InChI is InChI=1S/C19H17F6N5O2/c1-17(8-31)5-11(6-17)27-16-29-28-15(13-7-26-9-30(13)16)12-3-2-10(18(20,21)22)4-14(12)32-19(23,24)25/h2-4,7,9,11,31H,5-6,8H2,1H3,(H,27,29). The molecule has 1 fully saturated rings. The Morgan fingerprint density at radius 2 is 1.91 bits per heavy atom. The van der Waals surface area contributed by atoms with Gasteiger partial charge in [-0.1, -0.05) is 6.92 Å². The van der Waals surface area contributed by atoms with E-state index in [9.17, 15) is 31.4 Å². The first-order chi connectivity index (χ1) is 14.9. The molecule has 13 heteroatoms. The van der Waals surface area contributed by atoms with E-state index in [1.807, 2.05) is 6.92 Å². The molecule has 0 saturated heterocycles. The molecule has 1 saturated carbocycles. The van der Waals surface area contributed by atoms with E-state index >= 15 is 0 Å². The maximum absolute atomic E-state index is 13.0. The zero-order valence-electron chi connectivity index (χ0n) is 16.5. The highest BCUT2D eigenvalue weighted by molar-refractivity contribution is 5.81. The molecule has 0 unspecified atom stereocenters. The summed E-state index contributed by atoms with van der Waals surface area (Å²) in [4.78, 5) is 3.97. The summed E-state index contributed by atoms with van der Waals surface area (Å²) in [5.74, 6) is -0.792. The summed E-state index contributed by atoms with van der Waals surface area (Å²) in [5, 5.41) is 20.5. The molecule has 2 N–H and O–H groups in total. The second-order valence-corrected chi connectivity index (χ2v) is 8.00. The smallest absolute Gasteiger partial charge is 0.405 e. The number of aliphatic hydroxyl groups excluding tert-OH is 1. The van der Waals surface area contributed by atoms with Gasteiger partial charge in [-0.25, -0.2) is 4.98 Å². The molecule has 0 amide bonds. The number of nitrogens with one attached hydrogen (secondary N) is 1. The predicted molar refractivity (Wildman–Crippen MR) is 99.7 cm³/mol. The molecule has 1 aromatic carbocycles. The Balaban J connectivity index is 1.73. The largest absolute Gasteiger partial charge is 0.573 e. The van der Waals surface area contributed by atoms with Gasteiger partial charge in [0.2, 0.25) is 5.95 Å². The van der Waals surface area contributed by atoms with E-state index in [1.54, 1.807) is 0 Å². The maximum Gasteiger partial charge on any atom is 0.573 e. The van der Waals surface area contributed by atoms with E-state index in [0.717, 1.165) is 6.07 Å². The molecule has 7 nitrogen and oxygen atoms in total. The van der Waals surface area contributed by atoms with E-state index in [0.29, 0.717) is 18.9 Å². The normalized spacial score (nSPS) is 21.4. The van der Waals surface area contributed by atoms with Crippen LogP contribution in [0, 0.1) is 5.41 Å². The van der Waals surface area contributed by atoms with E-state index in [1.165, 1.54) is 16.9 Å². The van der Waals surface area contributed by atoms with Gasteiger partial charge in [-0.3, -0.25) is 4.40 Å². The summed E-state index contributed by atoms with van der Waals surface area (Å²) in [7, 11) is 0. The average molecular weight is 461 g/mol. The lowest BCUT2D eigenvalue weighted by Gasteiger charge is -2.44. The lowest BCUT2D eigenvalue weighted by molar-refractivity contribution is -0.274. The molecule has 0 spiro atoms. The number of anilines is 1. The summed E-state index contributed by atoms with van der Waals surface area (Å²) in [5.41, 5.74) is -1.73. The highest BCUT2D eigenvalue weighted by atomic mass is 19.4. The zero-order valence-corrected chi connectivity index (χ0v) is 16.5. The molecule has 3 aromatic rings. The van der Waals surface area contributed by atoms with Gasteiger partial charge < -0.3 is 15.2 Å². The van der Waals surface area contributed by atoms with Crippen molar-refractivity contribution < 1.29 is 36.2 Å². The lowest BCUT2D eigenvalue weighted by atomic mass is 9.67. The Morgan fingerprint density at radius 1 is 1.19 bits per heavy atom. The fourth-order valence-electron chi connectivity index (χ4n) is 3.77. The SMILES string of the molecule is CC1(CO)CC(Nc2nnc(-c3ccc(C(F)(F)F)cc3OC(F)(F)F)c3cncn23)C1. The molecular formula is C19H17F6N5O2. The molecule has 4 rings (SSSR count). The second-order valence-electron chi connectivity index (χ2n) is 8.00. The average Bonchev–Trinajstić information content (AvgIpc) is 3.15. The number of aliphatic hydroxyl groups is 1. The van der Waals surface area contributed by atoms with Crippen molar-refractivity contribution in [3.63, 3.8) is 0 Å². The number of aromatic nitrogens is 4. The van der Waals surface area contributed by atoms with Gasteiger partial charge in [0.1, 0.15) is 17.8 Å². The first kappa shape index (κ1) is 22.1. The molecule has 172 valence electrons. The minimum Gasteiger partial charge on any atom is -0.405 e. The Bertz CT molecular complexity index is 1140. The number of ether oxygens (including phenoxy) is 1. The van der Waals surface area contributed by atoms with Gasteiger partial charge in [0.25, 0.3) is 0 Å². The van der Waals surface area contributed by atoms with Crippen LogP contribution >= 0.6 is 0 Å². The van der Waals surface area contributed by atoms with Crippen LogP contribution in [0.2, 0.25) is 0 Å². The fourth-order valence-corrected chi connectivity index (χ4v) is 3.77. The third kappa shape index (κ3) is 4.29. The maximum atomic E-state index is 13.0. The van der Waals surface area contributed by atoms with Gasteiger partial charge >= 0.3 is 12.5 Å². The van der Waals surface area contributed by atoms with Crippen LogP contribution in [0.15, 0.2) is 30.7 Å². The van der Waals surface area contributed by atoms with Crippen LogP contribution in [0.4, 0.5) is 32.3 Å². The number of hydrogen-bond acceptors (Lipinski definition) is 6. The minimum atomic E-state index is -5.21. The third-order valence-corrected chi connectivity index (χ3v) is 5.34. The molecule has 1 aliphatic carbocycles. The molecule has 2 heterocycles. The minimum absolute atomic E-state index is 0.00640. The van der Waals surface area contributed by atoms with Crippen molar-refractivity contribution in [2.24, 2.45) is 5.41 Å². The first-order valence-electron chi connectivity index (χ1n) is 9.42. The number of fused-ring (bicyclic) bond motifs is 1. The highest BCUT2D eigenvalue weighted by Crippen LogP contribution is 2.42. The lowest BCUT2D eigenvalue weighted by Crippen LogP contribution is -2.45. The topological polar surface area (TPSA) is 84.6 Å². The number of rotatable bonds is 5. The van der Waals surface area contributed by atoms with Crippen molar-refractivity contribution in [3.05, 3.63) is 36.3 Å². The summed E-state index contributed by atoms with van der Waals surface area (Å²) in [6.07, 6.45) is -6.07. The van der Waals surface area contributed by atoms with Gasteiger partial charge in [-0.05, 0) is 36.5 Å². The van der Waals surface area contributed by atoms with E-state index in [2.05, 4.69) is 25.2 Å². The Kier molecular flexibility index (Phi) is 5.18. The highest BCUT2D eigenvalue weighted by Gasteiger charge is 2.40. The van der Waals surface area contributed by atoms with Gasteiger partial charge in [-0.2, -0.15) is 13.2 Å². The van der Waals surface area contributed by atoms with Crippen molar-refractivity contribution in [2.45, 2.75) is 38.3 Å². The van der Waals surface area contributed by atoms with E-state index in [-0.39, 0.29) is 46.9 Å². The molecular weight excluding hydrogens is 444 g/mol. The van der Waals surface area contributed by atoms with Crippen LogP contribution in [0.25, 0.3) is 16.8 Å². The van der Waals surface area contributed by atoms with Crippen LogP contribution in [-0.4, -0.2) is 43.7 Å². The van der Waals surface area contributed by atoms with Gasteiger partial charge in [0, 0.05) is 18.2 Å². The van der Waals surface area contributed by atoms with Gasteiger partial charge in [0.05, 0.1) is 17.3 Å². The quantitative estimate of drug-likeness (QED) is 0.552. The molecule has 32 heavy (non-hydrogen) atoms. The van der Waals surface area contributed by atoms with Crippen LogP contribution < -0.4 is 10.1 Å². The summed E-state index contributed by atoms with van der Waals surface area (Å²) >= 11 is 0. The molecule has 0 aliphatic heterocycles. The van der Waals surface area contributed by atoms with Gasteiger partial charge in [0.15, 0.2) is 0 Å². The zero-order chi connectivity index (χ0) is 23.3. The van der Waals surface area contributed by atoms with Crippen molar-refractivity contribution >= 4 is 11.5 Å². The fraction of sp³-hybridized carbons (Fsp3) is 0.421. The number of nitrogens with zero attached hydrogens (tertiary/aromatic N) is 4. The van der Waals surface area contributed by atoms with Crippen LogP contribution in [0.3, 0.4) is 0 Å². The number of benzene rings is 1. The van der Waals surface area contributed by atoms with Crippen molar-refractivity contribution in [2.75, 3.05) is 11.9 Å². The number of alkyl halides is 6. The molecule has 0 atom stereocenters.